The number of esters is 1. The smallest absolute Gasteiger partial charge is 0.306 e. The van der Waals surface area contributed by atoms with Gasteiger partial charge in [-0.25, -0.2) is 0 Å². The molecule has 0 bridgehead atoms. The zero-order valence-electron chi connectivity index (χ0n) is 19.0. The summed E-state index contributed by atoms with van der Waals surface area (Å²) in [6.45, 7) is 4.80. The highest BCUT2D eigenvalue weighted by Crippen LogP contribution is 2.07. The van der Waals surface area contributed by atoms with Gasteiger partial charge in [-0.2, -0.15) is 0 Å². The van der Waals surface area contributed by atoms with E-state index in [1.807, 2.05) is 37.4 Å². The van der Waals surface area contributed by atoms with Crippen LogP contribution in [0.25, 0.3) is 0 Å². The van der Waals surface area contributed by atoms with E-state index in [0.29, 0.717) is 13.0 Å². The lowest BCUT2D eigenvalue weighted by molar-refractivity contribution is -0.145. The summed E-state index contributed by atoms with van der Waals surface area (Å²) in [7, 11) is 1.99. The second-order valence-corrected chi connectivity index (χ2v) is 7.76. The Morgan fingerprint density at radius 3 is 1.87 bits per heavy atom. The Balaban J connectivity index is 1.73. The Bertz CT molecular complexity index is 495. The number of rotatable bonds is 21. The number of nitrogens with one attached hydrogen (secondary N) is 1. The van der Waals surface area contributed by atoms with Gasteiger partial charge in [0.25, 0.3) is 0 Å². The standard InChI is InChI=1S/C25H43NO4/c1-26-18-10-14-22-29-20-12-5-3-2-4-11-19-28-21-13-9-17-25(27)30-23-24-15-7-6-8-16-24/h6-8,15-16,26H,2-5,9-14,17-23H2,1H3. The second kappa shape index (κ2) is 20.8. The minimum atomic E-state index is -0.127. The summed E-state index contributed by atoms with van der Waals surface area (Å²) in [4.78, 5) is 11.7. The van der Waals surface area contributed by atoms with E-state index in [-0.39, 0.29) is 5.97 Å². The summed E-state index contributed by atoms with van der Waals surface area (Å²) in [5.41, 5.74) is 1.03. The van der Waals surface area contributed by atoms with Crippen molar-refractivity contribution in [2.75, 3.05) is 40.0 Å². The van der Waals surface area contributed by atoms with Gasteiger partial charge in [0.05, 0.1) is 0 Å². The first-order chi connectivity index (χ1) is 14.8. The van der Waals surface area contributed by atoms with E-state index in [1.54, 1.807) is 0 Å². The summed E-state index contributed by atoms with van der Waals surface area (Å²) in [6, 6.07) is 9.78. The van der Waals surface area contributed by atoms with Gasteiger partial charge >= 0.3 is 5.97 Å². The summed E-state index contributed by atoms with van der Waals surface area (Å²) in [5, 5.41) is 3.15. The van der Waals surface area contributed by atoms with Crippen LogP contribution in [0, 0.1) is 0 Å². The molecule has 0 aliphatic carbocycles. The first-order valence-corrected chi connectivity index (χ1v) is 11.8. The van der Waals surface area contributed by atoms with E-state index in [1.165, 1.54) is 38.5 Å². The maximum atomic E-state index is 11.7. The lowest BCUT2D eigenvalue weighted by atomic mass is 10.1. The Morgan fingerprint density at radius 2 is 1.27 bits per heavy atom. The average Bonchev–Trinajstić information content (AvgIpc) is 2.77. The van der Waals surface area contributed by atoms with Crippen molar-refractivity contribution in [2.45, 2.75) is 77.2 Å². The van der Waals surface area contributed by atoms with E-state index >= 15 is 0 Å². The van der Waals surface area contributed by atoms with Crippen molar-refractivity contribution in [2.24, 2.45) is 0 Å². The van der Waals surface area contributed by atoms with Crippen LogP contribution in [-0.4, -0.2) is 46.0 Å². The Hall–Kier alpha value is -1.43. The molecule has 0 aromatic heterocycles. The maximum Gasteiger partial charge on any atom is 0.306 e. The summed E-state index contributed by atoms with van der Waals surface area (Å²) >= 11 is 0. The normalized spacial score (nSPS) is 11.0. The molecule has 0 heterocycles. The van der Waals surface area contributed by atoms with E-state index in [2.05, 4.69) is 5.32 Å². The third kappa shape index (κ3) is 17.4. The molecule has 0 atom stereocenters. The van der Waals surface area contributed by atoms with Crippen molar-refractivity contribution in [1.82, 2.24) is 5.32 Å². The van der Waals surface area contributed by atoms with Gasteiger partial charge in [-0.15, -0.1) is 0 Å². The van der Waals surface area contributed by atoms with Gasteiger partial charge < -0.3 is 19.5 Å². The first kappa shape index (κ1) is 26.6. The third-order valence-electron chi connectivity index (χ3n) is 4.96. The lowest BCUT2D eigenvalue weighted by Gasteiger charge is -2.06. The van der Waals surface area contributed by atoms with Crippen LogP contribution in [-0.2, 0) is 25.6 Å². The molecule has 1 rings (SSSR count). The van der Waals surface area contributed by atoms with Crippen LogP contribution in [0.3, 0.4) is 0 Å². The number of hydrogen-bond acceptors (Lipinski definition) is 5. The van der Waals surface area contributed by atoms with Crippen LogP contribution in [0.4, 0.5) is 0 Å². The van der Waals surface area contributed by atoms with Gasteiger partial charge in [0.15, 0.2) is 0 Å². The van der Waals surface area contributed by atoms with Crippen LogP contribution in [0.5, 0.6) is 0 Å². The number of carbonyl (C=O) groups is 1. The molecule has 1 N–H and O–H groups in total. The second-order valence-electron chi connectivity index (χ2n) is 7.76. The predicted octanol–water partition coefficient (Wildman–Crippen LogP) is 5.27. The van der Waals surface area contributed by atoms with Gasteiger partial charge in [-0.05, 0) is 57.7 Å². The van der Waals surface area contributed by atoms with E-state index in [9.17, 15) is 4.79 Å². The molecule has 0 radical (unpaired) electrons. The first-order valence-electron chi connectivity index (χ1n) is 11.8. The summed E-state index contributed by atoms with van der Waals surface area (Å²) in [6.07, 6.45) is 11.9. The number of ether oxygens (including phenoxy) is 3. The molecular weight excluding hydrogens is 378 g/mol. The van der Waals surface area contributed by atoms with E-state index < -0.39 is 0 Å². The molecule has 30 heavy (non-hydrogen) atoms. The highest BCUT2D eigenvalue weighted by molar-refractivity contribution is 5.69. The topological polar surface area (TPSA) is 56.8 Å². The molecule has 1 aromatic rings. The molecule has 172 valence electrons. The largest absolute Gasteiger partial charge is 0.461 e. The zero-order valence-corrected chi connectivity index (χ0v) is 19.0. The van der Waals surface area contributed by atoms with Crippen LogP contribution in [0.15, 0.2) is 30.3 Å². The van der Waals surface area contributed by atoms with Gasteiger partial charge in [-0.1, -0.05) is 56.0 Å². The van der Waals surface area contributed by atoms with Crippen LogP contribution in [0.2, 0.25) is 0 Å². The van der Waals surface area contributed by atoms with Crippen LogP contribution >= 0.6 is 0 Å². The van der Waals surface area contributed by atoms with E-state index in [4.69, 9.17) is 14.2 Å². The van der Waals surface area contributed by atoms with Crippen LogP contribution < -0.4 is 5.32 Å². The fraction of sp³-hybridized carbons (Fsp3) is 0.720. The summed E-state index contributed by atoms with van der Waals surface area (Å²) < 4.78 is 16.6. The van der Waals surface area contributed by atoms with Crippen molar-refractivity contribution in [3.63, 3.8) is 0 Å². The molecule has 0 unspecified atom stereocenters. The number of hydrogen-bond donors (Lipinski definition) is 1. The zero-order chi connectivity index (χ0) is 21.5. The molecular formula is C25H43NO4. The van der Waals surface area contributed by atoms with Crippen LogP contribution in [0.1, 0.15) is 76.2 Å². The molecule has 0 aliphatic rings. The predicted molar refractivity (Wildman–Crippen MR) is 123 cm³/mol. The highest BCUT2D eigenvalue weighted by atomic mass is 16.5. The SMILES string of the molecule is CNCCCCOCCCCCCCCOCCCCC(=O)OCc1ccccc1. The molecule has 0 spiro atoms. The Kier molecular flexibility index (Phi) is 18.5. The molecule has 1 aromatic carbocycles. The van der Waals surface area contributed by atoms with Crippen molar-refractivity contribution in [3.05, 3.63) is 35.9 Å². The van der Waals surface area contributed by atoms with Crippen molar-refractivity contribution >= 4 is 5.97 Å². The fourth-order valence-electron chi connectivity index (χ4n) is 3.11. The van der Waals surface area contributed by atoms with E-state index in [0.717, 1.165) is 64.2 Å². The number of benzene rings is 1. The minimum absolute atomic E-state index is 0.127. The fourth-order valence-corrected chi connectivity index (χ4v) is 3.11. The average molecular weight is 422 g/mol. The Morgan fingerprint density at radius 1 is 0.733 bits per heavy atom. The molecule has 0 amide bonds. The molecule has 0 aliphatic heterocycles. The Labute approximate surface area is 183 Å². The highest BCUT2D eigenvalue weighted by Gasteiger charge is 2.03. The van der Waals surface area contributed by atoms with Crippen molar-refractivity contribution in [3.8, 4) is 0 Å². The van der Waals surface area contributed by atoms with Crippen molar-refractivity contribution in [1.29, 1.82) is 0 Å². The molecule has 5 nitrogen and oxygen atoms in total. The maximum absolute atomic E-state index is 11.7. The van der Waals surface area contributed by atoms with Gasteiger partial charge in [0, 0.05) is 32.8 Å². The quantitative estimate of drug-likeness (QED) is 0.216. The monoisotopic (exact) mass is 421 g/mol. The van der Waals surface area contributed by atoms with Gasteiger partial charge in [-0.3, -0.25) is 4.79 Å². The number of carbonyl (C=O) groups excluding carboxylic acids is 1. The minimum Gasteiger partial charge on any atom is -0.461 e. The lowest BCUT2D eigenvalue weighted by Crippen LogP contribution is -2.08. The summed E-state index contributed by atoms with van der Waals surface area (Å²) in [5.74, 6) is -0.127. The molecule has 0 saturated carbocycles. The molecule has 0 saturated heterocycles. The van der Waals surface area contributed by atoms with Gasteiger partial charge in [0.1, 0.15) is 6.61 Å². The molecule has 0 fully saturated rings. The molecule has 5 heteroatoms. The number of unbranched alkanes of at least 4 members (excludes halogenated alkanes) is 7. The van der Waals surface area contributed by atoms with Gasteiger partial charge in [0.2, 0.25) is 0 Å². The third-order valence-corrected chi connectivity index (χ3v) is 4.96. The van der Waals surface area contributed by atoms with Crippen molar-refractivity contribution < 1.29 is 19.0 Å².